The second-order valence-electron chi connectivity index (χ2n) is 6.58. The number of anilines is 1. The van der Waals surface area contributed by atoms with Crippen LogP contribution in [0.15, 0.2) is 36.5 Å². The molecule has 1 amide bonds. The molecule has 1 aromatic carbocycles. The summed E-state index contributed by atoms with van der Waals surface area (Å²) in [5.74, 6) is -0.143. The standard InChI is InChI=1S/C20H19N3O3/c1-11-19-12(3-2-8-21-19)9-13(22-11)4-6-16(24)14-5-7-17(25)20-15(14)10-18(26)23-20/h2-3,5,7-9,16,24-25H,4,6,10H2,1H3,(H,23,26)/t16-/m0/s1. The fourth-order valence-corrected chi connectivity index (χ4v) is 3.52. The van der Waals surface area contributed by atoms with Crippen molar-refractivity contribution in [2.45, 2.75) is 32.3 Å². The van der Waals surface area contributed by atoms with Gasteiger partial charge >= 0.3 is 0 Å². The van der Waals surface area contributed by atoms with E-state index in [1.165, 1.54) is 6.07 Å². The van der Waals surface area contributed by atoms with Crippen molar-refractivity contribution in [3.8, 4) is 5.75 Å². The Morgan fingerprint density at radius 1 is 1.31 bits per heavy atom. The largest absolute Gasteiger partial charge is 0.506 e. The molecule has 0 aliphatic carbocycles. The van der Waals surface area contributed by atoms with Gasteiger partial charge in [0, 0.05) is 17.3 Å². The minimum absolute atomic E-state index is 0.0288. The maximum Gasteiger partial charge on any atom is 0.228 e. The van der Waals surface area contributed by atoms with E-state index in [9.17, 15) is 15.0 Å². The van der Waals surface area contributed by atoms with Crippen LogP contribution >= 0.6 is 0 Å². The SMILES string of the molecule is Cc1nc(CC[C@H](O)c2ccc(O)c3c2CC(=O)N3)cc2cccnc12. The fourth-order valence-electron chi connectivity index (χ4n) is 3.52. The van der Waals surface area contributed by atoms with Crippen molar-refractivity contribution in [2.75, 3.05) is 5.32 Å². The Balaban J connectivity index is 1.56. The Hall–Kier alpha value is -2.99. The number of carbonyl (C=O) groups is 1. The zero-order chi connectivity index (χ0) is 18.3. The van der Waals surface area contributed by atoms with Gasteiger partial charge in [-0.25, -0.2) is 0 Å². The van der Waals surface area contributed by atoms with E-state index in [0.29, 0.717) is 29.7 Å². The van der Waals surface area contributed by atoms with Crippen LogP contribution in [0.5, 0.6) is 5.75 Å². The van der Waals surface area contributed by atoms with Gasteiger partial charge < -0.3 is 15.5 Å². The van der Waals surface area contributed by atoms with E-state index in [-0.39, 0.29) is 18.1 Å². The Morgan fingerprint density at radius 2 is 2.15 bits per heavy atom. The number of hydrogen-bond donors (Lipinski definition) is 3. The summed E-state index contributed by atoms with van der Waals surface area (Å²) in [6.45, 7) is 1.93. The fraction of sp³-hybridized carbons (Fsp3) is 0.250. The van der Waals surface area contributed by atoms with Gasteiger partial charge in [-0.1, -0.05) is 12.1 Å². The van der Waals surface area contributed by atoms with Crippen LogP contribution in [0, 0.1) is 6.92 Å². The molecule has 0 bridgehead atoms. The number of fused-ring (bicyclic) bond motifs is 2. The van der Waals surface area contributed by atoms with Gasteiger partial charge in [0.2, 0.25) is 5.91 Å². The number of carbonyl (C=O) groups excluding carboxylic acids is 1. The Bertz CT molecular complexity index is 1020. The Labute approximate surface area is 150 Å². The third kappa shape index (κ3) is 2.88. The highest BCUT2D eigenvalue weighted by molar-refractivity contribution is 6.01. The van der Waals surface area contributed by atoms with Gasteiger partial charge in [-0.3, -0.25) is 14.8 Å². The minimum atomic E-state index is -0.733. The number of aliphatic hydroxyl groups excluding tert-OH is 1. The average Bonchev–Trinajstić information content (AvgIpc) is 3.02. The van der Waals surface area contributed by atoms with Crippen molar-refractivity contribution in [3.05, 3.63) is 59.0 Å². The summed E-state index contributed by atoms with van der Waals surface area (Å²) >= 11 is 0. The lowest BCUT2D eigenvalue weighted by Gasteiger charge is -2.15. The first-order valence-corrected chi connectivity index (χ1v) is 8.57. The number of nitrogens with one attached hydrogen (secondary N) is 1. The first-order valence-electron chi connectivity index (χ1n) is 8.57. The van der Waals surface area contributed by atoms with Gasteiger partial charge in [0.25, 0.3) is 0 Å². The monoisotopic (exact) mass is 349 g/mol. The number of aryl methyl sites for hydroxylation is 2. The number of pyridine rings is 2. The molecule has 6 nitrogen and oxygen atoms in total. The minimum Gasteiger partial charge on any atom is -0.506 e. The third-order valence-electron chi connectivity index (χ3n) is 4.78. The van der Waals surface area contributed by atoms with Gasteiger partial charge in [0.05, 0.1) is 29.4 Å². The lowest BCUT2D eigenvalue weighted by Crippen LogP contribution is -2.05. The number of aliphatic hydroxyl groups is 1. The van der Waals surface area contributed by atoms with E-state index in [0.717, 1.165) is 22.3 Å². The van der Waals surface area contributed by atoms with Crippen LogP contribution in [-0.4, -0.2) is 26.1 Å². The number of aromatic nitrogens is 2. The molecule has 132 valence electrons. The van der Waals surface area contributed by atoms with E-state index in [1.807, 2.05) is 25.1 Å². The molecule has 3 heterocycles. The molecule has 3 N–H and O–H groups in total. The predicted octanol–water partition coefficient (Wildman–Crippen LogP) is 2.80. The highest BCUT2D eigenvalue weighted by Gasteiger charge is 2.26. The summed E-state index contributed by atoms with van der Waals surface area (Å²) < 4.78 is 0. The normalized spacial score (nSPS) is 14.3. The second-order valence-corrected chi connectivity index (χ2v) is 6.58. The van der Waals surface area contributed by atoms with E-state index in [4.69, 9.17) is 0 Å². The van der Waals surface area contributed by atoms with Gasteiger partial charge in [-0.2, -0.15) is 0 Å². The van der Waals surface area contributed by atoms with Crippen molar-refractivity contribution >= 4 is 22.5 Å². The van der Waals surface area contributed by atoms with Crippen molar-refractivity contribution in [1.82, 2.24) is 9.97 Å². The van der Waals surface area contributed by atoms with Crippen molar-refractivity contribution in [1.29, 1.82) is 0 Å². The van der Waals surface area contributed by atoms with Crippen molar-refractivity contribution < 1.29 is 15.0 Å². The van der Waals surface area contributed by atoms with Crippen LogP contribution in [0.2, 0.25) is 0 Å². The predicted molar refractivity (Wildman–Crippen MR) is 98.0 cm³/mol. The van der Waals surface area contributed by atoms with Crippen molar-refractivity contribution in [3.63, 3.8) is 0 Å². The van der Waals surface area contributed by atoms with Crippen LogP contribution in [0.1, 0.15) is 35.0 Å². The quantitative estimate of drug-likeness (QED) is 0.630. The van der Waals surface area contributed by atoms with E-state index in [1.54, 1.807) is 12.3 Å². The van der Waals surface area contributed by atoms with E-state index < -0.39 is 6.10 Å². The Morgan fingerprint density at radius 3 is 3.00 bits per heavy atom. The topological polar surface area (TPSA) is 95.3 Å². The van der Waals surface area contributed by atoms with Crippen LogP contribution in [0.25, 0.3) is 10.9 Å². The average molecular weight is 349 g/mol. The van der Waals surface area contributed by atoms with E-state index >= 15 is 0 Å². The molecule has 3 aromatic rings. The third-order valence-corrected chi connectivity index (χ3v) is 4.78. The summed E-state index contributed by atoms with van der Waals surface area (Å²) in [5.41, 5.74) is 4.42. The smallest absolute Gasteiger partial charge is 0.228 e. The molecule has 2 aromatic heterocycles. The molecule has 6 heteroatoms. The molecular weight excluding hydrogens is 330 g/mol. The lowest BCUT2D eigenvalue weighted by molar-refractivity contribution is -0.115. The summed E-state index contributed by atoms with van der Waals surface area (Å²) in [6.07, 6.45) is 2.27. The Kier molecular flexibility index (Phi) is 4.05. The number of aromatic hydroxyl groups is 1. The van der Waals surface area contributed by atoms with E-state index in [2.05, 4.69) is 15.3 Å². The summed E-state index contributed by atoms with van der Waals surface area (Å²) in [7, 11) is 0. The highest BCUT2D eigenvalue weighted by Crippen LogP contribution is 2.38. The molecule has 4 rings (SSSR count). The van der Waals surface area contributed by atoms with Crippen molar-refractivity contribution in [2.24, 2.45) is 0 Å². The molecule has 1 aliphatic heterocycles. The molecule has 0 fully saturated rings. The zero-order valence-corrected chi connectivity index (χ0v) is 14.4. The van der Waals surface area contributed by atoms with Crippen LogP contribution < -0.4 is 5.32 Å². The summed E-state index contributed by atoms with van der Waals surface area (Å²) in [6, 6.07) is 9.08. The number of nitrogens with zero attached hydrogens (tertiary/aromatic N) is 2. The maximum atomic E-state index is 11.6. The second kappa shape index (κ2) is 6.38. The molecule has 26 heavy (non-hydrogen) atoms. The molecule has 1 aliphatic rings. The number of amides is 1. The van der Waals surface area contributed by atoms with Gasteiger partial charge in [-0.15, -0.1) is 0 Å². The number of phenols is 1. The first kappa shape index (κ1) is 16.5. The van der Waals surface area contributed by atoms with Gasteiger partial charge in [0.15, 0.2) is 0 Å². The molecule has 0 radical (unpaired) electrons. The van der Waals surface area contributed by atoms with Gasteiger partial charge in [0.1, 0.15) is 5.75 Å². The molecule has 1 atom stereocenters. The zero-order valence-electron chi connectivity index (χ0n) is 14.4. The van der Waals surface area contributed by atoms with Gasteiger partial charge in [-0.05, 0) is 49.1 Å². The number of hydrogen-bond acceptors (Lipinski definition) is 5. The maximum absolute atomic E-state index is 11.6. The lowest BCUT2D eigenvalue weighted by atomic mass is 9.96. The molecule has 0 unspecified atom stereocenters. The first-order chi connectivity index (χ1) is 12.5. The number of benzene rings is 1. The molecule has 0 saturated carbocycles. The van der Waals surface area contributed by atoms with Crippen LogP contribution in [-0.2, 0) is 17.6 Å². The molecule has 0 spiro atoms. The molecular formula is C20H19N3O3. The van der Waals surface area contributed by atoms with Crippen LogP contribution in [0.4, 0.5) is 5.69 Å². The number of phenolic OH excluding ortho intramolecular Hbond substituents is 1. The van der Waals surface area contributed by atoms with Crippen LogP contribution in [0.3, 0.4) is 0 Å². The summed E-state index contributed by atoms with van der Waals surface area (Å²) in [5, 5.41) is 24.2. The number of rotatable bonds is 4. The highest BCUT2D eigenvalue weighted by atomic mass is 16.3. The summed E-state index contributed by atoms with van der Waals surface area (Å²) in [4.78, 5) is 20.6. The molecule has 0 saturated heterocycles.